The van der Waals surface area contributed by atoms with E-state index in [0.717, 1.165) is 22.5 Å². The van der Waals surface area contributed by atoms with Gasteiger partial charge in [-0.3, -0.25) is 4.79 Å². The summed E-state index contributed by atoms with van der Waals surface area (Å²) in [6, 6.07) is 16.9. The number of hydrogen-bond acceptors (Lipinski definition) is 6. The number of para-hydroxylation sites is 1. The number of hydrogen-bond donors (Lipinski definition) is 2. The molecule has 0 aliphatic rings. The molecule has 4 rings (SSSR count). The first-order chi connectivity index (χ1) is 15.6. The van der Waals surface area contributed by atoms with Gasteiger partial charge in [-0.15, -0.1) is 0 Å². The molecule has 0 aliphatic carbocycles. The zero-order valence-corrected chi connectivity index (χ0v) is 18.4. The molecule has 164 valence electrons. The summed E-state index contributed by atoms with van der Waals surface area (Å²) in [7, 11) is 1.60. The fourth-order valence-electron chi connectivity index (χ4n) is 3.28. The molecule has 1 amide bonds. The molecule has 8 heteroatoms. The quantitative estimate of drug-likeness (QED) is 0.413. The van der Waals surface area contributed by atoms with Crippen LogP contribution in [-0.2, 0) is 0 Å². The summed E-state index contributed by atoms with van der Waals surface area (Å²) < 4.78 is 6.95. The summed E-state index contributed by atoms with van der Waals surface area (Å²) in [6.07, 6.45) is 1.77. The van der Waals surface area contributed by atoms with E-state index < -0.39 is 0 Å². The Morgan fingerprint density at radius 2 is 1.78 bits per heavy atom. The number of aromatic nitrogens is 4. The van der Waals surface area contributed by atoms with E-state index in [1.807, 2.05) is 35.0 Å². The Bertz CT molecular complexity index is 1200. The maximum absolute atomic E-state index is 12.4. The third-order valence-electron chi connectivity index (χ3n) is 5.02. The molecule has 0 aliphatic heterocycles. The lowest BCUT2D eigenvalue weighted by Crippen LogP contribution is -2.29. The molecule has 0 saturated carbocycles. The summed E-state index contributed by atoms with van der Waals surface area (Å²) in [6.45, 7) is 5.08. The molecular formula is C24H26N6O2. The van der Waals surface area contributed by atoms with Crippen molar-refractivity contribution < 1.29 is 9.53 Å². The lowest BCUT2D eigenvalue weighted by atomic mass is 10.2. The number of ether oxygens (including phenoxy) is 1. The van der Waals surface area contributed by atoms with Crippen molar-refractivity contribution in [3.8, 4) is 11.4 Å². The number of nitrogens with one attached hydrogen (secondary N) is 2. The number of fused-ring (bicyclic) bond motifs is 1. The van der Waals surface area contributed by atoms with Gasteiger partial charge in [0, 0.05) is 24.6 Å². The van der Waals surface area contributed by atoms with Crippen LogP contribution >= 0.6 is 0 Å². The van der Waals surface area contributed by atoms with Crippen LogP contribution in [0.1, 0.15) is 35.9 Å². The van der Waals surface area contributed by atoms with E-state index in [9.17, 15) is 4.79 Å². The Balaban J connectivity index is 1.48. The molecule has 0 saturated heterocycles. The maximum Gasteiger partial charge on any atom is 0.251 e. The third-order valence-corrected chi connectivity index (χ3v) is 5.02. The summed E-state index contributed by atoms with van der Waals surface area (Å²) in [4.78, 5) is 21.8. The highest BCUT2D eigenvalue weighted by atomic mass is 16.5. The van der Waals surface area contributed by atoms with Crippen LogP contribution in [-0.4, -0.2) is 45.9 Å². The van der Waals surface area contributed by atoms with Crippen LogP contribution in [0.5, 0.6) is 5.75 Å². The smallest absolute Gasteiger partial charge is 0.251 e. The number of amides is 1. The van der Waals surface area contributed by atoms with E-state index >= 15 is 0 Å². The average Bonchev–Trinajstić information content (AvgIpc) is 3.26. The van der Waals surface area contributed by atoms with Crippen LogP contribution < -0.4 is 15.4 Å². The fourth-order valence-corrected chi connectivity index (χ4v) is 3.28. The minimum Gasteiger partial charge on any atom is -0.497 e. The van der Waals surface area contributed by atoms with Crippen LogP contribution in [0, 0.1) is 0 Å². The lowest BCUT2D eigenvalue weighted by molar-refractivity contribution is 0.0955. The predicted octanol–water partition coefficient (Wildman–Crippen LogP) is 3.79. The molecule has 2 N–H and O–H groups in total. The number of methoxy groups -OCH3 is 1. The van der Waals surface area contributed by atoms with Crippen LogP contribution in [0.2, 0.25) is 0 Å². The normalized spacial score (nSPS) is 11.0. The van der Waals surface area contributed by atoms with Gasteiger partial charge in [-0.1, -0.05) is 32.0 Å². The first-order valence-corrected chi connectivity index (χ1v) is 10.5. The highest BCUT2D eigenvalue weighted by molar-refractivity contribution is 5.94. The van der Waals surface area contributed by atoms with Crippen molar-refractivity contribution in [1.29, 1.82) is 0 Å². The van der Waals surface area contributed by atoms with Gasteiger partial charge < -0.3 is 15.4 Å². The van der Waals surface area contributed by atoms with E-state index in [-0.39, 0.29) is 11.8 Å². The minimum absolute atomic E-state index is 0.137. The molecule has 2 aromatic heterocycles. The Morgan fingerprint density at radius 3 is 2.47 bits per heavy atom. The average molecular weight is 431 g/mol. The zero-order chi connectivity index (χ0) is 22.5. The monoisotopic (exact) mass is 430 g/mol. The van der Waals surface area contributed by atoms with Crippen molar-refractivity contribution in [3.63, 3.8) is 0 Å². The van der Waals surface area contributed by atoms with Crippen molar-refractivity contribution in [2.75, 3.05) is 25.5 Å². The molecule has 0 radical (unpaired) electrons. The second-order valence-electron chi connectivity index (χ2n) is 7.63. The van der Waals surface area contributed by atoms with Gasteiger partial charge in [-0.2, -0.15) is 5.10 Å². The minimum atomic E-state index is -0.137. The van der Waals surface area contributed by atoms with Gasteiger partial charge in [0.05, 0.1) is 24.4 Å². The first kappa shape index (κ1) is 21.3. The number of rotatable bonds is 8. The summed E-state index contributed by atoms with van der Waals surface area (Å²) in [5, 5.41) is 11.6. The SMILES string of the molecule is COc1ccc(C(=O)NCCNc2nc(C(C)C)nc3c2cnn3-c2ccccc2)cc1. The Labute approximate surface area is 186 Å². The molecule has 0 atom stereocenters. The molecule has 32 heavy (non-hydrogen) atoms. The van der Waals surface area contributed by atoms with Crippen molar-refractivity contribution >= 4 is 22.8 Å². The van der Waals surface area contributed by atoms with E-state index in [1.54, 1.807) is 37.6 Å². The number of benzene rings is 2. The fraction of sp³-hybridized carbons (Fsp3) is 0.250. The van der Waals surface area contributed by atoms with Gasteiger partial charge in [0.1, 0.15) is 17.4 Å². The first-order valence-electron chi connectivity index (χ1n) is 10.5. The van der Waals surface area contributed by atoms with Crippen LogP contribution in [0.15, 0.2) is 60.8 Å². The van der Waals surface area contributed by atoms with Gasteiger partial charge >= 0.3 is 0 Å². The van der Waals surface area contributed by atoms with Crippen molar-refractivity contribution in [1.82, 2.24) is 25.1 Å². The Kier molecular flexibility index (Phi) is 6.30. The molecule has 0 unspecified atom stereocenters. The molecule has 2 aromatic carbocycles. The van der Waals surface area contributed by atoms with E-state index in [4.69, 9.17) is 14.7 Å². The maximum atomic E-state index is 12.4. The van der Waals surface area contributed by atoms with E-state index in [1.165, 1.54) is 0 Å². The van der Waals surface area contributed by atoms with Gasteiger partial charge in [0.2, 0.25) is 0 Å². The molecule has 8 nitrogen and oxygen atoms in total. The number of carbonyl (C=O) groups is 1. The molecule has 4 aromatic rings. The number of anilines is 1. The molecule has 0 bridgehead atoms. The lowest BCUT2D eigenvalue weighted by Gasteiger charge is -2.12. The Morgan fingerprint density at radius 1 is 1.03 bits per heavy atom. The van der Waals surface area contributed by atoms with Gasteiger partial charge in [-0.05, 0) is 36.4 Å². The van der Waals surface area contributed by atoms with E-state index in [2.05, 4.69) is 29.6 Å². The number of nitrogens with zero attached hydrogens (tertiary/aromatic N) is 4. The van der Waals surface area contributed by atoms with Gasteiger partial charge in [-0.25, -0.2) is 14.6 Å². The highest BCUT2D eigenvalue weighted by Crippen LogP contribution is 2.25. The van der Waals surface area contributed by atoms with Crippen LogP contribution in [0.25, 0.3) is 16.7 Å². The predicted molar refractivity (Wildman–Crippen MR) is 125 cm³/mol. The third kappa shape index (κ3) is 4.54. The van der Waals surface area contributed by atoms with Crippen molar-refractivity contribution in [3.05, 3.63) is 72.2 Å². The van der Waals surface area contributed by atoms with E-state index in [0.29, 0.717) is 30.2 Å². The summed E-state index contributed by atoms with van der Waals surface area (Å²) >= 11 is 0. The van der Waals surface area contributed by atoms with Crippen LogP contribution in [0.4, 0.5) is 5.82 Å². The van der Waals surface area contributed by atoms with Crippen LogP contribution in [0.3, 0.4) is 0 Å². The second-order valence-corrected chi connectivity index (χ2v) is 7.63. The second kappa shape index (κ2) is 9.47. The highest BCUT2D eigenvalue weighted by Gasteiger charge is 2.15. The van der Waals surface area contributed by atoms with Gasteiger partial charge in [0.15, 0.2) is 5.65 Å². The van der Waals surface area contributed by atoms with Crippen molar-refractivity contribution in [2.24, 2.45) is 0 Å². The van der Waals surface area contributed by atoms with Crippen molar-refractivity contribution in [2.45, 2.75) is 19.8 Å². The Hall–Kier alpha value is -3.94. The molecule has 0 spiro atoms. The standard InChI is InChI=1S/C24H26N6O2/c1-16(2)21-28-22(20-15-27-30(23(20)29-21)18-7-5-4-6-8-18)25-13-14-26-24(31)17-9-11-19(32-3)12-10-17/h4-12,15-16H,13-14H2,1-3H3,(H,26,31)(H,25,28,29). The molecule has 0 fully saturated rings. The topological polar surface area (TPSA) is 94.0 Å². The summed E-state index contributed by atoms with van der Waals surface area (Å²) in [5.41, 5.74) is 2.27. The van der Waals surface area contributed by atoms with Gasteiger partial charge in [0.25, 0.3) is 5.91 Å². The molecule has 2 heterocycles. The zero-order valence-electron chi connectivity index (χ0n) is 18.4. The summed E-state index contributed by atoms with van der Waals surface area (Å²) in [5.74, 6) is 2.18. The molecular weight excluding hydrogens is 404 g/mol. The number of carbonyl (C=O) groups excluding carboxylic acids is 1. The largest absolute Gasteiger partial charge is 0.497 e.